The maximum absolute atomic E-state index is 5.19. The number of nitrogens with one attached hydrogen (secondary N) is 1. The fraction of sp³-hybridized carbons (Fsp3) is 0.571. The van der Waals surface area contributed by atoms with E-state index in [0.29, 0.717) is 0 Å². The molecule has 94 valence electrons. The van der Waals surface area contributed by atoms with Gasteiger partial charge in [-0.25, -0.2) is 0 Å². The van der Waals surface area contributed by atoms with Gasteiger partial charge < -0.3 is 9.88 Å². The van der Waals surface area contributed by atoms with Crippen LogP contribution in [0.3, 0.4) is 0 Å². The molecule has 1 aromatic rings. The molecule has 0 unspecified atom stereocenters. The van der Waals surface area contributed by atoms with Crippen LogP contribution in [-0.2, 0) is 13.1 Å². The summed E-state index contributed by atoms with van der Waals surface area (Å²) in [4.78, 5) is 0. The van der Waals surface area contributed by atoms with Crippen LogP contribution in [0.2, 0.25) is 0 Å². The molecule has 0 bridgehead atoms. The molecule has 1 N–H and O–H groups in total. The van der Waals surface area contributed by atoms with Crippen molar-refractivity contribution in [1.29, 1.82) is 0 Å². The molecular formula is C14H22N2S. The fourth-order valence-corrected chi connectivity index (χ4v) is 2.59. The number of aryl methyl sites for hydroxylation is 1. The molecule has 0 saturated carbocycles. The molecule has 0 radical (unpaired) electrons. The Morgan fingerprint density at radius 3 is 2.82 bits per heavy atom. The molecule has 0 amide bonds. The van der Waals surface area contributed by atoms with E-state index in [2.05, 4.69) is 42.6 Å². The van der Waals surface area contributed by atoms with Gasteiger partial charge in [0.2, 0.25) is 0 Å². The maximum Gasteiger partial charge on any atom is 0.0545 e. The summed E-state index contributed by atoms with van der Waals surface area (Å²) in [6.45, 7) is 9.57. The monoisotopic (exact) mass is 250 g/mol. The predicted molar refractivity (Wildman–Crippen MR) is 77.4 cm³/mol. The lowest BCUT2D eigenvalue weighted by Gasteiger charge is -2.07. The van der Waals surface area contributed by atoms with Crippen molar-refractivity contribution in [2.24, 2.45) is 0 Å². The maximum atomic E-state index is 5.19. The standard InChI is InChI=1S/C14H22N2S/c1-5-8-17-9-7-15-11-14-10-12(3)16(6-2)13(14)4/h1,10,15H,6-9,11H2,2-4H3. The molecule has 0 fully saturated rings. The minimum atomic E-state index is 0.812. The average molecular weight is 250 g/mol. The molecule has 0 aromatic carbocycles. The summed E-state index contributed by atoms with van der Waals surface area (Å²) in [7, 11) is 0. The van der Waals surface area contributed by atoms with Gasteiger partial charge in [-0.1, -0.05) is 5.92 Å². The van der Waals surface area contributed by atoms with Gasteiger partial charge in [0.25, 0.3) is 0 Å². The van der Waals surface area contributed by atoms with Crippen LogP contribution < -0.4 is 5.32 Å². The normalized spacial score (nSPS) is 10.5. The van der Waals surface area contributed by atoms with Crippen LogP contribution in [0.4, 0.5) is 0 Å². The minimum absolute atomic E-state index is 0.812. The van der Waals surface area contributed by atoms with E-state index in [0.717, 1.165) is 31.1 Å². The molecule has 0 saturated heterocycles. The van der Waals surface area contributed by atoms with Gasteiger partial charge in [0.05, 0.1) is 5.75 Å². The van der Waals surface area contributed by atoms with Gasteiger partial charge in [0.15, 0.2) is 0 Å². The van der Waals surface area contributed by atoms with E-state index >= 15 is 0 Å². The molecule has 0 atom stereocenters. The first-order valence-corrected chi connectivity index (χ1v) is 7.23. The van der Waals surface area contributed by atoms with Gasteiger partial charge in [-0.2, -0.15) is 0 Å². The summed E-state index contributed by atoms with van der Waals surface area (Å²) in [5.74, 6) is 4.53. The van der Waals surface area contributed by atoms with Crippen molar-refractivity contribution in [1.82, 2.24) is 9.88 Å². The summed E-state index contributed by atoms with van der Waals surface area (Å²) in [6.07, 6.45) is 5.19. The Bertz CT molecular complexity index is 388. The summed E-state index contributed by atoms with van der Waals surface area (Å²) in [6, 6.07) is 2.28. The van der Waals surface area contributed by atoms with E-state index < -0.39 is 0 Å². The molecular weight excluding hydrogens is 228 g/mol. The lowest BCUT2D eigenvalue weighted by Crippen LogP contribution is -2.17. The van der Waals surface area contributed by atoms with E-state index in [1.807, 2.05) is 0 Å². The zero-order valence-electron chi connectivity index (χ0n) is 11.0. The summed E-state index contributed by atoms with van der Waals surface area (Å²) < 4.78 is 2.35. The van der Waals surface area contributed by atoms with Gasteiger partial charge in [-0.3, -0.25) is 0 Å². The van der Waals surface area contributed by atoms with Crippen LogP contribution in [0.1, 0.15) is 23.9 Å². The lowest BCUT2D eigenvalue weighted by molar-refractivity contribution is 0.695. The number of aromatic nitrogens is 1. The van der Waals surface area contributed by atoms with E-state index in [9.17, 15) is 0 Å². The largest absolute Gasteiger partial charge is 0.349 e. The van der Waals surface area contributed by atoms with Crippen molar-refractivity contribution < 1.29 is 0 Å². The molecule has 0 aliphatic heterocycles. The SMILES string of the molecule is C#CCSCCNCc1cc(C)n(CC)c1C. The van der Waals surface area contributed by atoms with Crippen LogP contribution in [-0.4, -0.2) is 22.6 Å². The zero-order chi connectivity index (χ0) is 12.7. The smallest absolute Gasteiger partial charge is 0.0545 e. The molecule has 0 aliphatic carbocycles. The Morgan fingerprint density at radius 1 is 1.47 bits per heavy atom. The van der Waals surface area contributed by atoms with Crippen molar-refractivity contribution in [2.75, 3.05) is 18.1 Å². The first-order chi connectivity index (χ1) is 8.20. The lowest BCUT2D eigenvalue weighted by atomic mass is 10.2. The third-order valence-corrected chi connectivity index (χ3v) is 3.78. The van der Waals surface area contributed by atoms with Crippen molar-refractivity contribution >= 4 is 11.8 Å². The van der Waals surface area contributed by atoms with Crippen LogP contribution in [0.15, 0.2) is 6.07 Å². The molecule has 0 spiro atoms. The molecule has 17 heavy (non-hydrogen) atoms. The highest BCUT2D eigenvalue weighted by Crippen LogP contribution is 2.14. The summed E-state index contributed by atoms with van der Waals surface area (Å²) >= 11 is 1.80. The number of rotatable bonds is 7. The van der Waals surface area contributed by atoms with Crippen LogP contribution in [0.5, 0.6) is 0 Å². The minimum Gasteiger partial charge on any atom is -0.349 e. The first-order valence-electron chi connectivity index (χ1n) is 6.08. The average Bonchev–Trinajstić information content (AvgIpc) is 2.58. The summed E-state index contributed by atoms with van der Waals surface area (Å²) in [5, 5.41) is 3.46. The highest BCUT2D eigenvalue weighted by atomic mass is 32.2. The third-order valence-electron chi connectivity index (χ3n) is 2.92. The number of nitrogens with zero attached hydrogens (tertiary/aromatic N) is 1. The zero-order valence-corrected chi connectivity index (χ0v) is 11.9. The molecule has 1 heterocycles. The second kappa shape index (κ2) is 7.47. The molecule has 2 nitrogen and oxygen atoms in total. The molecule has 3 heteroatoms. The number of thioether (sulfide) groups is 1. The number of terminal acetylenes is 1. The highest BCUT2D eigenvalue weighted by molar-refractivity contribution is 7.99. The van der Waals surface area contributed by atoms with Crippen molar-refractivity contribution in [3.05, 3.63) is 23.0 Å². The quantitative estimate of drug-likeness (QED) is 0.592. The van der Waals surface area contributed by atoms with Gasteiger partial charge in [0, 0.05) is 36.8 Å². The molecule has 1 rings (SSSR count). The Morgan fingerprint density at radius 2 is 2.24 bits per heavy atom. The van der Waals surface area contributed by atoms with Gasteiger partial charge in [-0.15, -0.1) is 18.2 Å². The number of hydrogen-bond donors (Lipinski definition) is 1. The van der Waals surface area contributed by atoms with E-state index in [4.69, 9.17) is 6.42 Å². The number of hydrogen-bond acceptors (Lipinski definition) is 2. The Balaban J connectivity index is 2.35. The van der Waals surface area contributed by atoms with Crippen LogP contribution >= 0.6 is 11.8 Å². The van der Waals surface area contributed by atoms with Crippen molar-refractivity contribution in [3.8, 4) is 12.3 Å². The first kappa shape index (κ1) is 14.2. The van der Waals surface area contributed by atoms with Gasteiger partial charge in [0.1, 0.15) is 0 Å². The van der Waals surface area contributed by atoms with E-state index in [1.54, 1.807) is 11.8 Å². The molecule has 1 aromatic heterocycles. The Labute approximate surface area is 109 Å². The third kappa shape index (κ3) is 4.14. The second-order valence-corrected chi connectivity index (χ2v) is 5.18. The topological polar surface area (TPSA) is 17.0 Å². The van der Waals surface area contributed by atoms with Crippen LogP contribution in [0.25, 0.3) is 0 Å². The van der Waals surface area contributed by atoms with Gasteiger partial charge >= 0.3 is 0 Å². The molecule has 0 aliphatic rings. The van der Waals surface area contributed by atoms with Crippen molar-refractivity contribution in [2.45, 2.75) is 33.9 Å². The van der Waals surface area contributed by atoms with Crippen molar-refractivity contribution in [3.63, 3.8) is 0 Å². The second-order valence-electron chi connectivity index (χ2n) is 4.07. The van der Waals surface area contributed by atoms with E-state index in [-0.39, 0.29) is 0 Å². The predicted octanol–water partition coefficient (Wildman–Crippen LogP) is 2.58. The highest BCUT2D eigenvalue weighted by Gasteiger charge is 2.06. The van der Waals surface area contributed by atoms with E-state index in [1.165, 1.54) is 17.0 Å². The Kier molecular flexibility index (Phi) is 6.25. The van der Waals surface area contributed by atoms with Gasteiger partial charge in [-0.05, 0) is 32.4 Å². The summed E-state index contributed by atoms with van der Waals surface area (Å²) in [5.41, 5.74) is 4.14. The van der Waals surface area contributed by atoms with Crippen LogP contribution in [0, 0.1) is 26.2 Å². The fourth-order valence-electron chi connectivity index (χ4n) is 2.04. The Hall–Kier alpha value is -0.850.